The zero-order valence-electron chi connectivity index (χ0n) is 10.6. The summed E-state index contributed by atoms with van der Waals surface area (Å²) in [4.78, 5) is 14.4. The Kier molecular flexibility index (Phi) is 5.84. The number of nitro groups is 1. The summed E-state index contributed by atoms with van der Waals surface area (Å²) in [5, 5.41) is 10.6. The second-order valence-electron chi connectivity index (χ2n) is 4.14. The maximum absolute atomic E-state index is 10.6. The van der Waals surface area contributed by atoms with E-state index in [0.717, 1.165) is 12.8 Å². The summed E-state index contributed by atoms with van der Waals surface area (Å²) in [6.07, 6.45) is 4.53. The number of benzene rings is 1. The van der Waals surface area contributed by atoms with Crippen molar-refractivity contribution in [2.45, 2.75) is 32.6 Å². The van der Waals surface area contributed by atoms with Gasteiger partial charge in [0.15, 0.2) is 0 Å². The number of hydrogen-bond acceptors (Lipinski definition) is 3. The predicted octanol–water partition coefficient (Wildman–Crippen LogP) is 2.88. The van der Waals surface area contributed by atoms with E-state index in [-0.39, 0.29) is 5.69 Å². The molecule has 0 heterocycles. The molecular weight excluding hydrogens is 230 g/mol. The van der Waals surface area contributed by atoms with Gasteiger partial charge in [0.1, 0.15) is 5.84 Å². The first kappa shape index (κ1) is 14.2. The minimum absolute atomic E-state index is 0.0385. The summed E-state index contributed by atoms with van der Waals surface area (Å²) in [5.74, 6) is 0.371. The first-order chi connectivity index (χ1) is 8.65. The number of unbranched alkanes of at least 4 members (excludes halogenated alkanes) is 3. The summed E-state index contributed by atoms with van der Waals surface area (Å²) in [6, 6.07) is 6.24. The van der Waals surface area contributed by atoms with Gasteiger partial charge in [0.2, 0.25) is 0 Å². The van der Waals surface area contributed by atoms with Gasteiger partial charge in [-0.05, 0) is 6.42 Å². The second-order valence-corrected chi connectivity index (χ2v) is 4.14. The average Bonchev–Trinajstić information content (AvgIpc) is 2.38. The van der Waals surface area contributed by atoms with E-state index in [2.05, 4.69) is 11.9 Å². The Morgan fingerprint density at radius 3 is 2.83 bits per heavy atom. The van der Waals surface area contributed by atoms with Crippen LogP contribution in [0.15, 0.2) is 29.3 Å². The van der Waals surface area contributed by atoms with Crippen LogP contribution in [0.1, 0.15) is 38.2 Å². The molecule has 0 spiro atoms. The lowest BCUT2D eigenvalue weighted by Crippen LogP contribution is -2.14. The van der Waals surface area contributed by atoms with Crippen LogP contribution in [0.4, 0.5) is 5.69 Å². The number of nitrogens with two attached hydrogens (primary N) is 1. The number of amidine groups is 1. The van der Waals surface area contributed by atoms with E-state index in [9.17, 15) is 10.1 Å². The van der Waals surface area contributed by atoms with Crippen LogP contribution in [0.25, 0.3) is 0 Å². The highest BCUT2D eigenvalue weighted by Gasteiger charge is 2.07. The second kappa shape index (κ2) is 7.42. The summed E-state index contributed by atoms with van der Waals surface area (Å²) in [5.41, 5.74) is 6.46. The molecule has 1 aromatic rings. The van der Waals surface area contributed by atoms with Crippen LogP contribution in [-0.2, 0) is 0 Å². The number of non-ortho nitro benzene ring substituents is 1. The van der Waals surface area contributed by atoms with Gasteiger partial charge in [-0.1, -0.05) is 38.3 Å². The summed E-state index contributed by atoms with van der Waals surface area (Å²) in [6.45, 7) is 2.83. The summed E-state index contributed by atoms with van der Waals surface area (Å²) in [7, 11) is 0. The first-order valence-corrected chi connectivity index (χ1v) is 6.20. The molecule has 0 amide bonds. The zero-order valence-corrected chi connectivity index (χ0v) is 10.6. The van der Waals surface area contributed by atoms with E-state index in [1.54, 1.807) is 12.1 Å². The smallest absolute Gasteiger partial charge is 0.270 e. The minimum atomic E-state index is -0.433. The Hall–Kier alpha value is -1.91. The number of rotatable bonds is 7. The maximum Gasteiger partial charge on any atom is 0.270 e. The molecule has 5 heteroatoms. The van der Waals surface area contributed by atoms with E-state index in [0.29, 0.717) is 17.9 Å². The molecule has 2 N–H and O–H groups in total. The molecule has 98 valence electrons. The van der Waals surface area contributed by atoms with Crippen molar-refractivity contribution in [3.63, 3.8) is 0 Å². The van der Waals surface area contributed by atoms with Crippen molar-refractivity contribution in [3.8, 4) is 0 Å². The Morgan fingerprint density at radius 1 is 1.39 bits per heavy atom. The van der Waals surface area contributed by atoms with Crippen LogP contribution < -0.4 is 5.73 Å². The van der Waals surface area contributed by atoms with Crippen LogP contribution in [0.3, 0.4) is 0 Å². The van der Waals surface area contributed by atoms with Crippen molar-refractivity contribution in [1.82, 2.24) is 0 Å². The van der Waals surface area contributed by atoms with Gasteiger partial charge in [-0.15, -0.1) is 0 Å². The molecule has 0 bridgehead atoms. The molecule has 0 unspecified atom stereocenters. The zero-order chi connectivity index (χ0) is 13.4. The van der Waals surface area contributed by atoms with Crippen LogP contribution >= 0.6 is 0 Å². The molecule has 1 aromatic carbocycles. The van der Waals surface area contributed by atoms with Gasteiger partial charge in [0, 0.05) is 24.2 Å². The fraction of sp³-hybridized carbons (Fsp3) is 0.462. The molecule has 18 heavy (non-hydrogen) atoms. The van der Waals surface area contributed by atoms with Crippen molar-refractivity contribution in [2.75, 3.05) is 6.54 Å². The quantitative estimate of drug-likeness (QED) is 0.265. The SMILES string of the molecule is CCCCCCN=C(N)c1cccc([N+](=O)[O-])c1. The highest BCUT2D eigenvalue weighted by Crippen LogP contribution is 2.12. The summed E-state index contributed by atoms with van der Waals surface area (Å²) >= 11 is 0. The van der Waals surface area contributed by atoms with Crippen LogP contribution in [0.2, 0.25) is 0 Å². The third-order valence-corrected chi connectivity index (χ3v) is 2.65. The van der Waals surface area contributed by atoms with Crippen molar-refractivity contribution < 1.29 is 4.92 Å². The molecule has 0 saturated carbocycles. The van der Waals surface area contributed by atoms with E-state index in [1.165, 1.54) is 25.0 Å². The van der Waals surface area contributed by atoms with Crippen molar-refractivity contribution in [2.24, 2.45) is 10.7 Å². The van der Waals surface area contributed by atoms with E-state index < -0.39 is 4.92 Å². The molecule has 0 radical (unpaired) electrons. The van der Waals surface area contributed by atoms with Gasteiger partial charge in [-0.2, -0.15) is 0 Å². The number of nitrogens with zero attached hydrogens (tertiary/aromatic N) is 2. The molecule has 0 aliphatic rings. The molecule has 0 atom stereocenters. The van der Waals surface area contributed by atoms with Crippen molar-refractivity contribution in [1.29, 1.82) is 0 Å². The molecule has 0 aliphatic heterocycles. The molecule has 0 fully saturated rings. The molecular formula is C13H19N3O2. The van der Waals surface area contributed by atoms with Gasteiger partial charge in [0.25, 0.3) is 5.69 Å². The Balaban J connectivity index is 2.60. The normalized spacial score (nSPS) is 11.5. The Morgan fingerprint density at radius 2 is 2.17 bits per heavy atom. The first-order valence-electron chi connectivity index (χ1n) is 6.20. The van der Waals surface area contributed by atoms with Crippen molar-refractivity contribution in [3.05, 3.63) is 39.9 Å². The highest BCUT2D eigenvalue weighted by molar-refractivity contribution is 5.97. The standard InChI is InChI=1S/C13H19N3O2/c1-2-3-4-5-9-15-13(14)11-7-6-8-12(10-11)16(17)18/h6-8,10H,2-5,9H2,1H3,(H2,14,15). The largest absolute Gasteiger partial charge is 0.384 e. The van der Waals surface area contributed by atoms with Crippen LogP contribution in [0.5, 0.6) is 0 Å². The van der Waals surface area contributed by atoms with Gasteiger partial charge in [-0.3, -0.25) is 15.1 Å². The van der Waals surface area contributed by atoms with Crippen LogP contribution in [-0.4, -0.2) is 17.3 Å². The van der Waals surface area contributed by atoms with Gasteiger partial charge in [0.05, 0.1) is 4.92 Å². The lowest BCUT2D eigenvalue weighted by Gasteiger charge is -2.01. The van der Waals surface area contributed by atoms with Gasteiger partial charge >= 0.3 is 0 Å². The average molecular weight is 249 g/mol. The Bertz CT molecular complexity index is 430. The lowest BCUT2D eigenvalue weighted by atomic mass is 10.2. The molecule has 0 aliphatic carbocycles. The topological polar surface area (TPSA) is 81.5 Å². The number of aliphatic imine (C=N–C) groups is 1. The van der Waals surface area contributed by atoms with Crippen molar-refractivity contribution >= 4 is 11.5 Å². The molecule has 5 nitrogen and oxygen atoms in total. The highest BCUT2D eigenvalue weighted by atomic mass is 16.6. The fourth-order valence-corrected chi connectivity index (χ4v) is 1.61. The monoisotopic (exact) mass is 249 g/mol. The van der Waals surface area contributed by atoms with E-state index in [4.69, 9.17) is 5.73 Å². The number of hydrogen-bond donors (Lipinski definition) is 1. The third-order valence-electron chi connectivity index (χ3n) is 2.65. The van der Waals surface area contributed by atoms with Gasteiger partial charge < -0.3 is 5.73 Å². The Labute approximate surface area is 107 Å². The third kappa shape index (κ3) is 4.53. The van der Waals surface area contributed by atoms with E-state index >= 15 is 0 Å². The lowest BCUT2D eigenvalue weighted by molar-refractivity contribution is -0.384. The molecule has 0 aromatic heterocycles. The molecule has 0 saturated heterocycles. The minimum Gasteiger partial charge on any atom is -0.384 e. The van der Waals surface area contributed by atoms with E-state index in [1.807, 2.05) is 0 Å². The van der Waals surface area contributed by atoms with Crippen LogP contribution in [0, 0.1) is 10.1 Å². The summed E-state index contributed by atoms with van der Waals surface area (Å²) < 4.78 is 0. The maximum atomic E-state index is 10.6. The van der Waals surface area contributed by atoms with Gasteiger partial charge in [-0.25, -0.2) is 0 Å². The number of nitro benzene ring substituents is 1. The fourth-order valence-electron chi connectivity index (χ4n) is 1.61. The predicted molar refractivity (Wildman–Crippen MR) is 72.8 cm³/mol. The molecule has 1 rings (SSSR count).